The first-order chi connectivity index (χ1) is 7.77. The lowest BCUT2D eigenvalue weighted by Crippen LogP contribution is -2.18. The smallest absolute Gasteiger partial charge is 0.357 e. The van der Waals surface area contributed by atoms with Gasteiger partial charge in [0.2, 0.25) is 0 Å². The van der Waals surface area contributed by atoms with Gasteiger partial charge >= 0.3 is 5.97 Å². The van der Waals surface area contributed by atoms with Gasteiger partial charge in [0.1, 0.15) is 11.8 Å². The van der Waals surface area contributed by atoms with E-state index in [4.69, 9.17) is 4.74 Å². The highest BCUT2D eigenvalue weighted by molar-refractivity contribution is 5.87. The topological polar surface area (TPSA) is 39.2 Å². The second-order valence-electron chi connectivity index (χ2n) is 3.82. The highest BCUT2D eigenvalue weighted by Crippen LogP contribution is 2.11. The van der Waals surface area contributed by atoms with Crippen LogP contribution in [0, 0.1) is 0 Å². The van der Waals surface area contributed by atoms with Crippen LogP contribution in [0.5, 0.6) is 0 Å². The van der Waals surface area contributed by atoms with Crippen LogP contribution in [0.4, 0.5) is 0 Å². The molecule has 0 radical (unpaired) electrons. The molecule has 0 saturated heterocycles. The highest BCUT2D eigenvalue weighted by Gasteiger charge is 2.14. The predicted molar refractivity (Wildman–Crippen MR) is 63.3 cm³/mol. The SMILES string of the molecule is CCCC(CCC)OC(=O)c1ccccn1. The van der Waals surface area contributed by atoms with Crippen molar-refractivity contribution in [2.24, 2.45) is 0 Å². The Morgan fingerprint density at radius 2 is 2.00 bits per heavy atom. The van der Waals surface area contributed by atoms with E-state index in [1.807, 2.05) is 0 Å². The highest BCUT2D eigenvalue weighted by atomic mass is 16.5. The fourth-order valence-electron chi connectivity index (χ4n) is 1.60. The summed E-state index contributed by atoms with van der Waals surface area (Å²) in [5, 5.41) is 0. The van der Waals surface area contributed by atoms with Gasteiger partial charge in [0.25, 0.3) is 0 Å². The van der Waals surface area contributed by atoms with E-state index in [0.29, 0.717) is 5.69 Å². The first-order valence-electron chi connectivity index (χ1n) is 5.90. The van der Waals surface area contributed by atoms with E-state index in [2.05, 4.69) is 18.8 Å². The van der Waals surface area contributed by atoms with E-state index in [1.165, 1.54) is 0 Å². The summed E-state index contributed by atoms with van der Waals surface area (Å²) in [4.78, 5) is 15.7. The lowest BCUT2D eigenvalue weighted by molar-refractivity contribution is 0.0251. The summed E-state index contributed by atoms with van der Waals surface area (Å²) in [6.07, 6.45) is 5.54. The van der Waals surface area contributed by atoms with Crippen LogP contribution in [0.25, 0.3) is 0 Å². The monoisotopic (exact) mass is 221 g/mol. The molecular weight excluding hydrogens is 202 g/mol. The molecule has 0 spiro atoms. The van der Waals surface area contributed by atoms with E-state index >= 15 is 0 Å². The molecule has 3 nitrogen and oxygen atoms in total. The summed E-state index contributed by atoms with van der Waals surface area (Å²) in [6.45, 7) is 4.19. The predicted octanol–water partition coefficient (Wildman–Crippen LogP) is 3.21. The number of nitrogens with zero attached hydrogens (tertiary/aromatic N) is 1. The summed E-state index contributed by atoms with van der Waals surface area (Å²) < 4.78 is 5.42. The molecule has 0 bridgehead atoms. The lowest BCUT2D eigenvalue weighted by Gasteiger charge is -2.15. The molecule has 0 aliphatic heterocycles. The maximum Gasteiger partial charge on any atom is 0.357 e. The van der Waals surface area contributed by atoms with E-state index in [-0.39, 0.29) is 12.1 Å². The Bertz CT molecular complexity index is 305. The molecule has 88 valence electrons. The van der Waals surface area contributed by atoms with Crippen LogP contribution >= 0.6 is 0 Å². The van der Waals surface area contributed by atoms with Gasteiger partial charge in [-0.05, 0) is 25.0 Å². The molecule has 1 aromatic rings. The van der Waals surface area contributed by atoms with Gasteiger partial charge in [-0.15, -0.1) is 0 Å². The van der Waals surface area contributed by atoms with Crippen molar-refractivity contribution in [2.45, 2.75) is 45.6 Å². The Kier molecular flexibility index (Phi) is 5.54. The van der Waals surface area contributed by atoms with E-state index in [1.54, 1.807) is 24.4 Å². The number of aromatic nitrogens is 1. The minimum Gasteiger partial charge on any atom is -0.458 e. The lowest BCUT2D eigenvalue weighted by atomic mass is 10.1. The molecule has 0 aliphatic carbocycles. The fraction of sp³-hybridized carbons (Fsp3) is 0.538. The van der Waals surface area contributed by atoms with Crippen molar-refractivity contribution in [3.05, 3.63) is 30.1 Å². The number of rotatable bonds is 6. The van der Waals surface area contributed by atoms with Crippen molar-refractivity contribution in [3.63, 3.8) is 0 Å². The zero-order valence-corrected chi connectivity index (χ0v) is 9.98. The first-order valence-corrected chi connectivity index (χ1v) is 5.90. The Morgan fingerprint density at radius 1 is 1.31 bits per heavy atom. The molecule has 0 aliphatic rings. The third-order valence-corrected chi connectivity index (χ3v) is 2.37. The van der Waals surface area contributed by atoms with Gasteiger partial charge in [0, 0.05) is 6.20 Å². The van der Waals surface area contributed by atoms with Gasteiger partial charge in [-0.25, -0.2) is 9.78 Å². The molecule has 3 heteroatoms. The standard InChI is InChI=1S/C13H19NO2/c1-3-7-11(8-4-2)16-13(15)12-9-5-6-10-14-12/h5-6,9-11H,3-4,7-8H2,1-2H3. The van der Waals surface area contributed by atoms with E-state index in [0.717, 1.165) is 25.7 Å². The van der Waals surface area contributed by atoms with Crippen LogP contribution in [0.2, 0.25) is 0 Å². The molecule has 0 fully saturated rings. The van der Waals surface area contributed by atoms with Crippen molar-refractivity contribution >= 4 is 5.97 Å². The Morgan fingerprint density at radius 3 is 2.50 bits per heavy atom. The third kappa shape index (κ3) is 4.01. The van der Waals surface area contributed by atoms with Crippen molar-refractivity contribution < 1.29 is 9.53 Å². The summed E-state index contributed by atoms with van der Waals surface area (Å²) in [5.41, 5.74) is 0.389. The molecule has 1 aromatic heterocycles. The van der Waals surface area contributed by atoms with E-state index in [9.17, 15) is 4.79 Å². The average Bonchev–Trinajstić information content (AvgIpc) is 2.31. The molecule has 0 N–H and O–H groups in total. The summed E-state index contributed by atoms with van der Waals surface area (Å²) in [5.74, 6) is -0.312. The normalized spacial score (nSPS) is 10.4. The molecule has 0 unspecified atom stereocenters. The van der Waals surface area contributed by atoms with Crippen LogP contribution < -0.4 is 0 Å². The van der Waals surface area contributed by atoms with Gasteiger partial charge < -0.3 is 4.74 Å². The average molecular weight is 221 g/mol. The van der Waals surface area contributed by atoms with Crippen molar-refractivity contribution in [3.8, 4) is 0 Å². The summed E-state index contributed by atoms with van der Waals surface area (Å²) >= 11 is 0. The zero-order chi connectivity index (χ0) is 11.8. The second-order valence-corrected chi connectivity index (χ2v) is 3.82. The largest absolute Gasteiger partial charge is 0.458 e. The molecule has 0 amide bonds. The number of hydrogen-bond acceptors (Lipinski definition) is 3. The molecule has 16 heavy (non-hydrogen) atoms. The van der Waals surface area contributed by atoms with Gasteiger partial charge in [0.15, 0.2) is 0 Å². The first kappa shape index (κ1) is 12.7. The van der Waals surface area contributed by atoms with Gasteiger partial charge in [0.05, 0.1) is 0 Å². The quantitative estimate of drug-likeness (QED) is 0.692. The van der Waals surface area contributed by atoms with Crippen molar-refractivity contribution in [1.29, 1.82) is 0 Å². The Hall–Kier alpha value is -1.38. The fourth-order valence-corrected chi connectivity index (χ4v) is 1.60. The number of esters is 1. The summed E-state index contributed by atoms with van der Waals surface area (Å²) in [6, 6.07) is 5.25. The Balaban J connectivity index is 2.54. The van der Waals surface area contributed by atoms with Crippen molar-refractivity contribution in [2.75, 3.05) is 0 Å². The van der Waals surface area contributed by atoms with Crippen LogP contribution in [0.15, 0.2) is 24.4 Å². The van der Waals surface area contributed by atoms with Gasteiger partial charge in [-0.3, -0.25) is 0 Å². The van der Waals surface area contributed by atoms with E-state index < -0.39 is 0 Å². The minimum atomic E-state index is -0.312. The zero-order valence-electron chi connectivity index (χ0n) is 9.98. The second kappa shape index (κ2) is 6.99. The molecule has 1 rings (SSSR count). The maximum absolute atomic E-state index is 11.7. The van der Waals surface area contributed by atoms with Crippen LogP contribution in [0.1, 0.15) is 50.0 Å². The third-order valence-electron chi connectivity index (χ3n) is 2.37. The number of hydrogen-bond donors (Lipinski definition) is 0. The number of ether oxygens (including phenoxy) is 1. The molecule has 0 aromatic carbocycles. The molecular formula is C13H19NO2. The molecule has 0 atom stereocenters. The molecule has 1 heterocycles. The molecule has 0 saturated carbocycles. The minimum absolute atomic E-state index is 0.0320. The van der Waals surface area contributed by atoms with Crippen LogP contribution in [-0.4, -0.2) is 17.1 Å². The van der Waals surface area contributed by atoms with Gasteiger partial charge in [-0.2, -0.15) is 0 Å². The summed E-state index contributed by atoms with van der Waals surface area (Å²) in [7, 11) is 0. The maximum atomic E-state index is 11.7. The number of carbonyl (C=O) groups excluding carboxylic acids is 1. The van der Waals surface area contributed by atoms with Crippen LogP contribution in [-0.2, 0) is 4.74 Å². The van der Waals surface area contributed by atoms with Crippen LogP contribution in [0.3, 0.4) is 0 Å². The number of carbonyl (C=O) groups is 1. The van der Waals surface area contributed by atoms with Crippen molar-refractivity contribution in [1.82, 2.24) is 4.98 Å². The Labute approximate surface area is 96.8 Å². The van der Waals surface area contributed by atoms with Gasteiger partial charge in [-0.1, -0.05) is 32.8 Å². The number of pyridine rings is 1.